The number of carbonyl (C=O) groups is 2. The highest BCUT2D eigenvalue weighted by atomic mass is 16.4. The number of hydrogen-bond donors (Lipinski definition) is 2. The number of likely N-dealkylation sites (tertiary alicyclic amines) is 1. The van der Waals surface area contributed by atoms with Gasteiger partial charge in [-0.05, 0) is 44.6 Å². The van der Waals surface area contributed by atoms with Gasteiger partial charge < -0.3 is 10.4 Å². The molecule has 1 rings (SSSR count). The van der Waals surface area contributed by atoms with Crippen molar-refractivity contribution in [1.82, 2.24) is 10.2 Å². The van der Waals surface area contributed by atoms with E-state index in [9.17, 15) is 9.59 Å². The Morgan fingerprint density at radius 1 is 1.35 bits per heavy atom. The molecule has 1 amide bonds. The van der Waals surface area contributed by atoms with Gasteiger partial charge in [0, 0.05) is 19.0 Å². The minimum absolute atomic E-state index is 0.0950. The van der Waals surface area contributed by atoms with Gasteiger partial charge in [-0.15, -0.1) is 0 Å². The molecule has 0 aromatic heterocycles. The molecule has 2 N–H and O–H groups in total. The molecule has 1 unspecified atom stereocenters. The average Bonchev–Trinajstić information content (AvgIpc) is 2.43. The summed E-state index contributed by atoms with van der Waals surface area (Å²) >= 11 is 0. The number of carboxylic acids is 1. The van der Waals surface area contributed by atoms with Crippen molar-refractivity contribution in [2.24, 2.45) is 5.92 Å². The third kappa shape index (κ3) is 6.37. The van der Waals surface area contributed by atoms with Crippen LogP contribution in [0.3, 0.4) is 0 Å². The molecule has 5 heteroatoms. The number of carbonyl (C=O) groups excluding carboxylic acids is 1. The maximum Gasteiger partial charge on any atom is 0.303 e. The molecule has 5 nitrogen and oxygen atoms in total. The van der Waals surface area contributed by atoms with E-state index < -0.39 is 5.97 Å². The van der Waals surface area contributed by atoms with Gasteiger partial charge in [-0.1, -0.05) is 13.8 Å². The van der Waals surface area contributed by atoms with Crippen LogP contribution < -0.4 is 5.32 Å². The zero-order valence-electron chi connectivity index (χ0n) is 12.7. The summed E-state index contributed by atoms with van der Waals surface area (Å²) in [6.07, 6.45) is 5.02. The molecule has 0 spiro atoms. The summed E-state index contributed by atoms with van der Waals surface area (Å²) in [5.41, 5.74) is 0. The van der Waals surface area contributed by atoms with E-state index in [0.717, 1.165) is 45.2 Å². The Labute approximate surface area is 121 Å². The second-order valence-electron chi connectivity index (χ2n) is 5.76. The van der Waals surface area contributed by atoms with Crippen molar-refractivity contribution in [3.8, 4) is 0 Å². The molecule has 0 aliphatic carbocycles. The molecule has 20 heavy (non-hydrogen) atoms. The lowest BCUT2D eigenvalue weighted by Gasteiger charge is -2.32. The van der Waals surface area contributed by atoms with Crippen molar-refractivity contribution in [1.29, 1.82) is 0 Å². The van der Waals surface area contributed by atoms with Crippen LogP contribution >= 0.6 is 0 Å². The zero-order chi connectivity index (χ0) is 15.0. The molecule has 1 aliphatic rings. The van der Waals surface area contributed by atoms with Crippen LogP contribution in [0.1, 0.15) is 52.4 Å². The summed E-state index contributed by atoms with van der Waals surface area (Å²) in [7, 11) is 0. The summed E-state index contributed by atoms with van der Waals surface area (Å²) in [6, 6.07) is 0.273. The third-order valence-corrected chi connectivity index (χ3v) is 4.09. The van der Waals surface area contributed by atoms with Crippen LogP contribution in [0, 0.1) is 5.92 Å². The van der Waals surface area contributed by atoms with Gasteiger partial charge in [-0.25, -0.2) is 0 Å². The fourth-order valence-corrected chi connectivity index (χ4v) is 2.83. The van der Waals surface area contributed by atoms with E-state index in [-0.39, 0.29) is 18.4 Å². The number of amides is 1. The largest absolute Gasteiger partial charge is 0.481 e. The molecule has 116 valence electrons. The minimum Gasteiger partial charge on any atom is -0.481 e. The molecule has 1 saturated heterocycles. The van der Waals surface area contributed by atoms with Gasteiger partial charge in [0.25, 0.3) is 0 Å². The number of aliphatic carboxylic acids is 1. The predicted molar refractivity (Wildman–Crippen MR) is 78.5 cm³/mol. The van der Waals surface area contributed by atoms with E-state index in [1.165, 1.54) is 0 Å². The number of carboxylic acid groups (broad SMARTS) is 1. The first-order valence-corrected chi connectivity index (χ1v) is 7.78. The quantitative estimate of drug-likeness (QED) is 0.714. The number of piperidine rings is 1. The Bertz CT molecular complexity index is 316. The monoisotopic (exact) mass is 284 g/mol. The van der Waals surface area contributed by atoms with Gasteiger partial charge in [0.2, 0.25) is 5.91 Å². The Kier molecular flexibility index (Phi) is 7.59. The topological polar surface area (TPSA) is 69.6 Å². The second kappa shape index (κ2) is 8.95. The standard InChI is InChI=1S/C15H28N2O3/c1-3-13(4-2)16-14(18)11-17-9-5-6-12(10-17)7-8-15(19)20/h12-13H,3-11H2,1-2H3,(H,16,18)(H,19,20). The molecule has 1 aliphatic heterocycles. The van der Waals surface area contributed by atoms with E-state index >= 15 is 0 Å². The van der Waals surface area contributed by atoms with E-state index in [2.05, 4.69) is 24.1 Å². The molecule has 0 radical (unpaired) electrons. The van der Waals surface area contributed by atoms with Crippen molar-refractivity contribution in [2.75, 3.05) is 19.6 Å². The fourth-order valence-electron chi connectivity index (χ4n) is 2.83. The molecule has 1 atom stereocenters. The number of nitrogens with zero attached hydrogens (tertiary/aromatic N) is 1. The van der Waals surface area contributed by atoms with Crippen molar-refractivity contribution in [3.05, 3.63) is 0 Å². The van der Waals surface area contributed by atoms with Crippen molar-refractivity contribution in [2.45, 2.75) is 58.4 Å². The van der Waals surface area contributed by atoms with Gasteiger partial charge >= 0.3 is 5.97 Å². The van der Waals surface area contributed by atoms with Crippen LogP contribution in [0.4, 0.5) is 0 Å². The first kappa shape index (κ1) is 17.0. The summed E-state index contributed by atoms with van der Waals surface area (Å²) in [4.78, 5) is 24.7. The van der Waals surface area contributed by atoms with Crippen LogP contribution in [-0.4, -0.2) is 47.6 Å². The lowest BCUT2D eigenvalue weighted by atomic mass is 9.93. The van der Waals surface area contributed by atoms with E-state index in [4.69, 9.17) is 5.11 Å². The normalized spacial score (nSPS) is 20.1. The number of hydrogen-bond acceptors (Lipinski definition) is 3. The van der Waals surface area contributed by atoms with E-state index in [1.807, 2.05) is 0 Å². The Hall–Kier alpha value is -1.10. The highest BCUT2D eigenvalue weighted by Crippen LogP contribution is 2.20. The minimum atomic E-state index is -0.728. The zero-order valence-corrected chi connectivity index (χ0v) is 12.7. The van der Waals surface area contributed by atoms with Crippen LogP contribution in [0.5, 0.6) is 0 Å². The number of nitrogens with one attached hydrogen (secondary N) is 1. The van der Waals surface area contributed by atoms with Crippen LogP contribution in [0.25, 0.3) is 0 Å². The lowest BCUT2D eigenvalue weighted by Crippen LogP contribution is -2.45. The summed E-state index contributed by atoms with van der Waals surface area (Å²) in [6.45, 7) is 6.40. The fraction of sp³-hybridized carbons (Fsp3) is 0.867. The highest BCUT2D eigenvalue weighted by molar-refractivity contribution is 5.78. The molecular weight excluding hydrogens is 256 g/mol. The third-order valence-electron chi connectivity index (χ3n) is 4.09. The molecule has 0 saturated carbocycles. The maximum atomic E-state index is 12.0. The van der Waals surface area contributed by atoms with Crippen LogP contribution in [0.15, 0.2) is 0 Å². The molecule has 0 aromatic rings. The average molecular weight is 284 g/mol. The SMILES string of the molecule is CCC(CC)NC(=O)CN1CCCC(CCC(=O)O)C1. The molecule has 1 heterocycles. The molecule has 0 aromatic carbocycles. The molecule has 0 bridgehead atoms. The number of rotatable bonds is 8. The van der Waals surface area contributed by atoms with E-state index in [1.54, 1.807) is 0 Å². The first-order chi connectivity index (χ1) is 9.55. The summed E-state index contributed by atoms with van der Waals surface area (Å²) in [5.74, 6) is -0.216. The molecular formula is C15H28N2O3. The van der Waals surface area contributed by atoms with Crippen molar-refractivity contribution < 1.29 is 14.7 Å². The Morgan fingerprint density at radius 3 is 2.65 bits per heavy atom. The van der Waals surface area contributed by atoms with Gasteiger partial charge in [0.1, 0.15) is 0 Å². The highest BCUT2D eigenvalue weighted by Gasteiger charge is 2.22. The Morgan fingerprint density at radius 2 is 2.05 bits per heavy atom. The molecule has 1 fully saturated rings. The Balaban J connectivity index is 2.32. The smallest absolute Gasteiger partial charge is 0.303 e. The predicted octanol–water partition coefficient (Wildman–Crippen LogP) is 1.87. The van der Waals surface area contributed by atoms with Crippen LogP contribution in [-0.2, 0) is 9.59 Å². The van der Waals surface area contributed by atoms with Crippen molar-refractivity contribution in [3.63, 3.8) is 0 Å². The lowest BCUT2D eigenvalue weighted by molar-refractivity contribution is -0.137. The first-order valence-electron chi connectivity index (χ1n) is 7.78. The van der Waals surface area contributed by atoms with Gasteiger partial charge in [0.05, 0.1) is 6.54 Å². The second-order valence-corrected chi connectivity index (χ2v) is 5.76. The van der Waals surface area contributed by atoms with Gasteiger partial charge in [-0.2, -0.15) is 0 Å². The van der Waals surface area contributed by atoms with Gasteiger partial charge in [0.15, 0.2) is 0 Å². The van der Waals surface area contributed by atoms with Crippen molar-refractivity contribution >= 4 is 11.9 Å². The van der Waals surface area contributed by atoms with E-state index in [0.29, 0.717) is 12.5 Å². The maximum absolute atomic E-state index is 12.0. The van der Waals surface area contributed by atoms with Gasteiger partial charge in [-0.3, -0.25) is 14.5 Å². The van der Waals surface area contributed by atoms with Crippen LogP contribution in [0.2, 0.25) is 0 Å². The summed E-state index contributed by atoms with van der Waals surface area (Å²) < 4.78 is 0. The summed E-state index contributed by atoms with van der Waals surface area (Å²) in [5, 5.41) is 11.8.